The quantitative estimate of drug-likeness (QED) is 0.772. The van der Waals surface area contributed by atoms with Gasteiger partial charge in [0.05, 0.1) is 11.3 Å². The van der Waals surface area contributed by atoms with Gasteiger partial charge < -0.3 is 19.0 Å². The van der Waals surface area contributed by atoms with Gasteiger partial charge >= 0.3 is 5.63 Å². The summed E-state index contributed by atoms with van der Waals surface area (Å²) in [7, 11) is 0. The lowest BCUT2D eigenvalue weighted by Crippen LogP contribution is -2.62. The van der Waals surface area contributed by atoms with Crippen LogP contribution in [0.2, 0.25) is 0 Å². The third kappa shape index (κ3) is 2.52. The van der Waals surface area contributed by atoms with Crippen molar-refractivity contribution in [1.82, 2.24) is 0 Å². The first-order valence-electron chi connectivity index (χ1n) is 10.7. The van der Waals surface area contributed by atoms with Crippen molar-refractivity contribution >= 4 is 16.8 Å². The van der Waals surface area contributed by atoms with Crippen molar-refractivity contribution in [3.8, 4) is 11.5 Å². The minimum atomic E-state index is -1.04. The Hall–Kier alpha value is -2.34. The Kier molecular flexibility index (Phi) is 3.99. The standard InChI is InChI=1S/C24H28O6/c1-11(2)20(26)21(27)19-17-13-8-9-24(19,5)30-22-12-6-7-16(25)28-14(12)10-15(18(17)22)29-23(13,3)4/h6-7,10-11,13,17,19-20,26H,8-9H2,1-5H3/t13-,17+,19+,20-,24+/m1/s1. The summed E-state index contributed by atoms with van der Waals surface area (Å²) in [5, 5.41) is 11.4. The van der Waals surface area contributed by atoms with E-state index in [1.165, 1.54) is 6.07 Å². The van der Waals surface area contributed by atoms with Crippen LogP contribution in [0.4, 0.5) is 0 Å². The van der Waals surface area contributed by atoms with Crippen LogP contribution in [0.25, 0.3) is 11.0 Å². The SMILES string of the molecule is CC(C)[C@@H](O)C(=O)[C@@H]1[C@@H]2c3c4cc5oc(=O)ccc5c3O[C@@]1(C)CC[C@H]2C(C)(C)O4. The van der Waals surface area contributed by atoms with Crippen LogP contribution in [0.5, 0.6) is 11.5 Å². The molecule has 1 aromatic carbocycles. The molecule has 0 unspecified atom stereocenters. The number of hydrogen-bond acceptors (Lipinski definition) is 6. The van der Waals surface area contributed by atoms with Crippen molar-refractivity contribution in [3.05, 3.63) is 34.2 Å². The van der Waals surface area contributed by atoms with Crippen molar-refractivity contribution in [3.63, 3.8) is 0 Å². The van der Waals surface area contributed by atoms with Crippen LogP contribution in [0.1, 0.15) is 58.9 Å². The largest absolute Gasteiger partial charge is 0.487 e. The summed E-state index contributed by atoms with van der Waals surface area (Å²) in [4.78, 5) is 25.3. The maximum Gasteiger partial charge on any atom is 0.336 e. The molecule has 0 saturated heterocycles. The molecular formula is C24H28O6. The number of carbonyl (C=O) groups excluding carboxylic acids is 1. The Morgan fingerprint density at radius 3 is 2.63 bits per heavy atom. The van der Waals surface area contributed by atoms with Gasteiger partial charge in [-0.1, -0.05) is 13.8 Å². The van der Waals surface area contributed by atoms with Gasteiger partial charge in [-0.15, -0.1) is 0 Å². The third-order valence-electron chi connectivity index (χ3n) is 7.45. The van der Waals surface area contributed by atoms with E-state index in [9.17, 15) is 14.7 Å². The molecule has 2 aromatic rings. The number of aliphatic hydroxyl groups excluding tert-OH is 1. The van der Waals surface area contributed by atoms with E-state index in [0.29, 0.717) is 28.9 Å². The maximum atomic E-state index is 13.5. The monoisotopic (exact) mass is 412 g/mol. The van der Waals surface area contributed by atoms with Gasteiger partial charge in [0, 0.05) is 29.5 Å². The molecule has 2 bridgehead atoms. The molecule has 1 aliphatic carbocycles. The van der Waals surface area contributed by atoms with E-state index < -0.39 is 28.8 Å². The van der Waals surface area contributed by atoms with E-state index in [1.807, 2.05) is 34.6 Å². The highest BCUT2D eigenvalue weighted by atomic mass is 16.5. The van der Waals surface area contributed by atoms with Crippen molar-refractivity contribution < 1.29 is 23.8 Å². The fourth-order valence-corrected chi connectivity index (χ4v) is 5.92. The minimum Gasteiger partial charge on any atom is -0.487 e. The first kappa shape index (κ1) is 19.6. The number of hydrogen-bond donors (Lipinski definition) is 1. The molecule has 0 amide bonds. The number of rotatable bonds is 3. The second kappa shape index (κ2) is 6.10. The molecule has 30 heavy (non-hydrogen) atoms. The molecule has 6 heteroatoms. The zero-order chi connectivity index (χ0) is 21.6. The first-order chi connectivity index (χ1) is 14.0. The van der Waals surface area contributed by atoms with E-state index in [1.54, 1.807) is 12.1 Å². The summed E-state index contributed by atoms with van der Waals surface area (Å²) in [6.45, 7) is 9.78. The van der Waals surface area contributed by atoms with E-state index in [-0.39, 0.29) is 23.5 Å². The lowest BCUT2D eigenvalue weighted by molar-refractivity contribution is -0.157. The number of carbonyl (C=O) groups is 1. The number of ketones is 1. The smallest absolute Gasteiger partial charge is 0.336 e. The van der Waals surface area contributed by atoms with Gasteiger partial charge in [0.25, 0.3) is 0 Å². The highest BCUT2D eigenvalue weighted by Crippen LogP contribution is 2.64. The normalized spacial score (nSPS) is 31.8. The zero-order valence-electron chi connectivity index (χ0n) is 18.0. The summed E-state index contributed by atoms with van der Waals surface area (Å²) in [6, 6.07) is 4.85. The Balaban J connectivity index is 1.80. The van der Waals surface area contributed by atoms with Crippen LogP contribution < -0.4 is 15.1 Å². The van der Waals surface area contributed by atoms with Gasteiger partial charge in [-0.25, -0.2) is 4.79 Å². The second-order valence-electron chi connectivity index (χ2n) is 10.1. The molecule has 160 valence electrons. The topological polar surface area (TPSA) is 86.0 Å². The van der Waals surface area contributed by atoms with Crippen molar-refractivity contribution in [2.24, 2.45) is 17.8 Å². The van der Waals surface area contributed by atoms with E-state index in [0.717, 1.165) is 12.0 Å². The maximum absolute atomic E-state index is 13.5. The van der Waals surface area contributed by atoms with Gasteiger partial charge in [-0.3, -0.25) is 4.79 Å². The lowest BCUT2D eigenvalue weighted by Gasteiger charge is -2.58. The van der Waals surface area contributed by atoms with Gasteiger partial charge in [0.2, 0.25) is 0 Å². The van der Waals surface area contributed by atoms with E-state index in [4.69, 9.17) is 13.9 Å². The Labute approximate surface area is 175 Å². The van der Waals surface area contributed by atoms with Gasteiger partial charge in [0.15, 0.2) is 5.78 Å². The van der Waals surface area contributed by atoms with Crippen molar-refractivity contribution in [2.75, 3.05) is 0 Å². The molecule has 0 radical (unpaired) electrons. The zero-order valence-corrected chi connectivity index (χ0v) is 18.0. The summed E-state index contributed by atoms with van der Waals surface area (Å²) in [5.41, 5.74) is -0.391. The molecule has 1 fully saturated rings. The van der Waals surface area contributed by atoms with Gasteiger partial charge in [0.1, 0.15) is 34.4 Å². The summed E-state index contributed by atoms with van der Waals surface area (Å²) in [5.74, 6) is 0.443. The van der Waals surface area contributed by atoms with Gasteiger partial charge in [-0.2, -0.15) is 0 Å². The van der Waals surface area contributed by atoms with Crippen molar-refractivity contribution in [1.29, 1.82) is 0 Å². The number of ether oxygens (including phenoxy) is 2. The van der Waals surface area contributed by atoms with Crippen LogP contribution in [-0.2, 0) is 4.79 Å². The molecule has 3 heterocycles. The van der Waals surface area contributed by atoms with Crippen molar-refractivity contribution in [2.45, 2.75) is 70.7 Å². The Bertz CT molecular complexity index is 1110. The number of benzene rings is 1. The van der Waals surface area contributed by atoms with Crippen LogP contribution in [0, 0.1) is 17.8 Å². The third-order valence-corrected chi connectivity index (χ3v) is 7.45. The van der Waals surface area contributed by atoms with Crippen LogP contribution in [0.15, 0.2) is 27.4 Å². The second-order valence-corrected chi connectivity index (χ2v) is 10.1. The minimum absolute atomic E-state index is 0.113. The molecule has 5 atom stereocenters. The lowest BCUT2D eigenvalue weighted by atomic mass is 9.54. The molecule has 2 aliphatic heterocycles. The fourth-order valence-electron chi connectivity index (χ4n) is 5.92. The average Bonchev–Trinajstić information content (AvgIpc) is 2.64. The van der Waals surface area contributed by atoms with Crippen LogP contribution in [0.3, 0.4) is 0 Å². The Morgan fingerprint density at radius 2 is 1.93 bits per heavy atom. The van der Waals surface area contributed by atoms with E-state index in [2.05, 4.69) is 0 Å². The molecule has 3 aliphatic rings. The van der Waals surface area contributed by atoms with E-state index >= 15 is 0 Å². The molecule has 6 nitrogen and oxygen atoms in total. The number of aliphatic hydroxyl groups is 1. The van der Waals surface area contributed by atoms with Crippen LogP contribution >= 0.6 is 0 Å². The molecule has 1 saturated carbocycles. The highest BCUT2D eigenvalue weighted by Gasteiger charge is 2.62. The number of Topliss-reactive ketones (excluding diaryl/α,β-unsaturated/α-hetero) is 1. The fraction of sp³-hybridized carbons (Fsp3) is 0.583. The van der Waals surface area contributed by atoms with Crippen LogP contribution in [-0.4, -0.2) is 28.2 Å². The molecule has 5 rings (SSSR count). The summed E-state index contributed by atoms with van der Waals surface area (Å²) >= 11 is 0. The molecule has 1 aromatic heterocycles. The average molecular weight is 412 g/mol. The number of fused-ring (bicyclic) bond motifs is 3. The summed E-state index contributed by atoms with van der Waals surface area (Å²) in [6.07, 6.45) is 0.520. The summed E-state index contributed by atoms with van der Waals surface area (Å²) < 4.78 is 18.4. The molecular weight excluding hydrogens is 384 g/mol. The molecule has 0 spiro atoms. The van der Waals surface area contributed by atoms with Gasteiger partial charge in [-0.05, 0) is 45.6 Å². The highest BCUT2D eigenvalue weighted by molar-refractivity contribution is 5.92. The predicted octanol–water partition coefficient (Wildman–Crippen LogP) is 3.81. The predicted molar refractivity (Wildman–Crippen MR) is 111 cm³/mol. The first-order valence-corrected chi connectivity index (χ1v) is 10.7. The Morgan fingerprint density at radius 1 is 1.20 bits per heavy atom. The molecule has 1 N–H and O–H groups in total.